The summed E-state index contributed by atoms with van der Waals surface area (Å²) in [7, 11) is -0.0286. The van der Waals surface area contributed by atoms with E-state index in [1.54, 1.807) is 16.9 Å². The summed E-state index contributed by atoms with van der Waals surface area (Å²) in [6, 6.07) is 3.46. The quantitative estimate of drug-likeness (QED) is 0.457. The highest BCUT2D eigenvalue weighted by atomic mass is 28.4. The van der Waals surface area contributed by atoms with Crippen molar-refractivity contribution in [2.45, 2.75) is 51.4 Å². The molecule has 0 spiro atoms. The number of rotatable bonds is 4. The molecule has 0 amide bonds. The van der Waals surface area contributed by atoms with E-state index in [2.05, 4.69) is 43.9 Å². The van der Waals surface area contributed by atoms with E-state index in [9.17, 15) is 10.1 Å². The minimum atomic E-state index is -1.85. The third kappa shape index (κ3) is 3.48. The number of nitro groups is 1. The van der Waals surface area contributed by atoms with Crippen LogP contribution in [0.3, 0.4) is 0 Å². The average molecular weight is 377 g/mol. The zero-order valence-electron chi connectivity index (χ0n) is 16.4. The van der Waals surface area contributed by atoms with Gasteiger partial charge in [-0.1, -0.05) is 20.8 Å². The molecular weight excluding hydrogens is 348 g/mol. The Morgan fingerprint density at radius 1 is 1.35 bits per heavy atom. The van der Waals surface area contributed by atoms with Gasteiger partial charge >= 0.3 is 0 Å². The Morgan fingerprint density at radius 2 is 2.04 bits per heavy atom. The minimum absolute atomic E-state index is 0.120. The highest BCUT2D eigenvalue weighted by Gasteiger charge is 2.41. The van der Waals surface area contributed by atoms with Gasteiger partial charge in [-0.25, -0.2) is 0 Å². The van der Waals surface area contributed by atoms with Crippen LogP contribution in [0.1, 0.15) is 27.2 Å². The standard InChI is InChI=1S/C18H28N4O3Si/c1-18(2,3)26(5,6)25-14-7-8-21(12-14)16-10-15-13(11-20(4)19-15)9-17(16)22(23)24/h9-11,14H,7-8,12H2,1-6H3/t14-/m0/s1. The lowest BCUT2D eigenvalue weighted by molar-refractivity contribution is -0.384. The van der Waals surface area contributed by atoms with Crippen molar-refractivity contribution in [2.24, 2.45) is 7.05 Å². The number of aromatic nitrogens is 2. The van der Waals surface area contributed by atoms with Gasteiger partial charge in [-0.2, -0.15) is 5.10 Å². The summed E-state index contributed by atoms with van der Waals surface area (Å²) in [5, 5.41) is 16.9. The SMILES string of the molecule is Cn1cc2cc([N+](=O)[O-])c(N3CC[C@H](O[Si](C)(C)C(C)(C)C)C3)cc2n1. The van der Waals surface area contributed by atoms with Crippen molar-refractivity contribution in [1.82, 2.24) is 9.78 Å². The fourth-order valence-electron chi connectivity index (χ4n) is 3.21. The van der Waals surface area contributed by atoms with Gasteiger partial charge in [-0.3, -0.25) is 14.8 Å². The molecule has 0 aliphatic carbocycles. The summed E-state index contributed by atoms with van der Waals surface area (Å²) in [4.78, 5) is 13.4. The molecule has 2 heterocycles. The van der Waals surface area contributed by atoms with E-state index in [1.807, 2.05) is 13.1 Å². The Balaban J connectivity index is 1.86. The molecule has 142 valence electrons. The van der Waals surface area contributed by atoms with E-state index in [0.29, 0.717) is 12.2 Å². The van der Waals surface area contributed by atoms with E-state index in [-0.39, 0.29) is 21.8 Å². The number of benzene rings is 1. The van der Waals surface area contributed by atoms with Crippen molar-refractivity contribution in [3.63, 3.8) is 0 Å². The van der Waals surface area contributed by atoms with Crippen molar-refractivity contribution in [3.05, 3.63) is 28.4 Å². The summed E-state index contributed by atoms with van der Waals surface area (Å²) in [5.41, 5.74) is 1.56. The van der Waals surface area contributed by atoms with Crippen LogP contribution in [0.2, 0.25) is 18.1 Å². The highest BCUT2D eigenvalue weighted by Crippen LogP contribution is 2.40. The van der Waals surface area contributed by atoms with Gasteiger partial charge in [0.2, 0.25) is 0 Å². The van der Waals surface area contributed by atoms with E-state index < -0.39 is 8.32 Å². The van der Waals surface area contributed by atoms with Crippen LogP contribution in [0.4, 0.5) is 11.4 Å². The molecule has 1 saturated heterocycles. The maximum atomic E-state index is 11.6. The summed E-state index contributed by atoms with van der Waals surface area (Å²) in [5.74, 6) is 0. The molecule has 7 nitrogen and oxygen atoms in total. The third-order valence-corrected chi connectivity index (χ3v) is 10.2. The minimum Gasteiger partial charge on any atom is -0.412 e. The van der Waals surface area contributed by atoms with Crippen LogP contribution < -0.4 is 4.90 Å². The molecule has 1 aliphatic rings. The monoisotopic (exact) mass is 376 g/mol. The molecule has 26 heavy (non-hydrogen) atoms. The molecule has 0 bridgehead atoms. The predicted octanol–water partition coefficient (Wildman–Crippen LogP) is 4.08. The second kappa shape index (κ2) is 6.35. The molecule has 1 fully saturated rings. The number of hydrogen-bond acceptors (Lipinski definition) is 5. The fraction of sp³-hybridized carbons (Fsp3) is 0.611. The zero-order chi connectivity index (χ0) is 19.3. The molecule has 0 N–H and O–H groups in total. The molecule has 1 aliphatic heterocycles. The van der Waals surface area contributed by atoms with Gasteiger partial charge in [0.25, 0.3) is 5.69 Å². The van der Waals surface area contributed by atoms with Gasteiger partial charge in [-0.15, -0.1) is 0 Å². The molecule has 8 heteroatoms. The van der Waals surface area contributed by atoms with Gasteiger partial charge in [0.1, 0.15) is 5.69 Å². The van der Waals surface area contributed by atoms with Gasteiger partial charge in [0.05, 0.1) is 16.5 Å². The van der Waals surface area contributed by atoms with Crippen molar-refractivity contribution >= 4 is 30.6 Å². The van der Waals surface area contributed by atoms with Gasteiger partial charge < -0.3 is 9.33 Å². The summed E-state index contributed by atoms with van der Waals surface area (Å²) < 4.78 is 8.20. The van der Waals surface area contributed by atoms with Crippen LogP contribution in [0.5, 0.6) is 0 Å². The maximum absolute atomic E-state index is 11.6. The van der Waals surface area contributed by atoms with Crippen LogP contribution in [0.25, 0.3) is 10.9 Å². The Morgan fingerprint density at radius 3 is 2.65 bits per heavy atom. The number of anilines is 1. The lowest BCUT2D eigenvalue weighted by Gasteiger charge is -2.38. The first kappa shape index (κ1) is 18.8. The van der Waals surface area contributed by atoms with Gasteiger partial charge in [0.15, 0.2) is 8.32 Å². The fourth-order valence-corrected chi connectivity index (χ4v) is 4.59. The Kier molecular flexibility index (Phi) is 4.60. The number of aryl methyl sites for hydroxylation is 1. The van der Waals surface area contributed by atoms with Crippen LogP contribution in [-0.2, 0) is 11.5 Å². The number of fused-ring (bicyclic) bond motifs is 1. The Labute approximate surface area is 155 Å². The number of nitro benzene ring substituents is 1. The molecule has 1 aromatic carbocycles. The van der Waals surface area contributed by atoms with E-state index in [4.69, 9.17) is 4.43 Å². The van der Waals surface area contributed by atoms with Crippen LogP contribution in [0.15, 0.2) is 18.3 Å². The molecule has 0 saturated carbocycles. The van der Waals surface area contributed by atoms with Crippen molar-refractivity contribution in [2.75, 3.05) is 18.0 Å². The van der Waals surface area contributed by atoms with Gasteiger partial charge in [-0.05, 0) is 30.6 Å². The lowest BCUT2D eigenvalue weighted by Crippen LogP contribution is -2.44. The zero-order valence-corrected chi connectivity index (χ0v) is 17.4. The summed E-state index contributed by atoms with van der Waals surface area (Å²) >= 11 is 0. The summed E-state index contributed by atoms with van der Waals surface area (Å²) in [6.07, 6.45) is 2.82. The smallest absolute Gasteiger partial charge is 0.293 e. The summed E-state index contributed by atoms with van der Waals surface area (Å²) in [6.45, 7) is 12.6. The average Bonchev–Trinajstić information content (AvgIpc) is 3.08. The molecular formula is C18H28N4O3Si. The molecule has 0 radical (unpaired) electrons. The first-order valence-electron chi connectivity index (χ1n) is 9.02. The molecule has 0 unspecified atom stereocenters. The van der Waals surface area contributed by atoms with Gasteiger partial charge in [0, 0.05) is 37.8 Å². The van der Waals surface area contributed by atoms with E-state index in [1.165, 1.54) is 0 Å². The van der Waals surface area contributed by atoms with Crippen molar-refractivity contribution in [3.8, 4) is 0 Å². The Bertz CT molecular complexity index is 841. The van der Waals surface area contributed by atoms with Crippen molar-refractivity contribution in [1.29, 1.82) is 0 Å². The normalized spacial score (nSPS) is 18.7. The topological polar surface area (TPSA) is 73.4 Å². The number of nitrogens with zero attached hydrogens (tertiary/aromatic N) is 4. The van der Waals surface area contributed by atoms with E-state index >= 15 is 0 Å². The first-order valence-corrected chi connectivity index (χ1v) is 11.9. The molecule has 3 rings (SSSR count). The van der Waals surface area contributed by atoms with Crippen molar-refractivity contribution < 1.29 is 9.35 Å². The van der Waals surface area contributed by atoms with E-state index in [0.717, 1.165) is 23.9 Å². The Hall–Kier alpha value is -1.93. The first-order chi connectivity index (χ1) is 12.0. The molecule has 1 atom stereocenters. The molecule has 1 aromatic heterocycles. The third-order valence-electron chi connectivity index (χ3n) is 5.67. The van der Waals surface area contributed by atoms with Crippen LogP contribution >= 0.6 is 0 Å². The maximum Gasteiger partial charge on any atom is 0.293 e. The van der Waals surface area contributed by atoms with Crippen LogP contribution in [-0.4, -0.2) is 42.2 Å². The lowest BCUT2D eigenvalue weighted by atomic mass is 10.2. The highest BCUT2D eigenvalue weighted by molar-refractivity contribution is 6.74. The molecule has 2 aromatic rings. The predicted molar refractivity (Wildman–Crippen MR) is 106 cm³/mol. The second-order valence-corrected chi connectivity index (χ2v) is 13.5. The number of hydrogen-bond donors (Lipinski definition) is 0. The second-order valence-electron chi connectivity index (χ2n) is 8.69. The van der Waals surface area contributed by atoms with Crippen LogP contribution in [0, 0.1) is 10.1 Å². The largest absolute Gasteiger partial charge is 0.412 e.